The van der Waals surface area contributed by atoms with E-state index in [0.29, 0.717) is 12.4 Å². The third-order valence-electron chi connectivity index (χ3n) is 2.90. The Morgan fingerprint density at radius 1 is 1.10 bits per heavy atom. The Balaban J connectivity index is 2.01. The number of ether oxygens (including phenoxy) is 1. The second kappa shape index (κ2) is 7.60. The second-order valence-corrected chi connectivity index (χ2v) is 4.62. The zero-order chi connectivity index (χ0) is 14.2. The molecule has 4 heteroatoms. The molecule has 1 aromatic heterocycles. The highest BCUT2D eigenvalue weighted by atomic mass is 16.5. The summed E-state index contributed by atoms with van der Waals surface area (Å²) in [6.45, 7) is 5.85. The lowest BCUT2D eigenvalue weighted by molar-refractivity contribution is 0.456. The van der Waals surface area contributed by atoms with E-state index in [1.165, 1.54) is 5.56 Å². The van der Waals surface area contributed by atoms with Crippen LogP contribution in [0.3, 0.4) is 0 Å². The number of nitrogens with one attached hydrogen (secondary N) is 1. The van der Waals surface area contributed by atoms with E-state index in [1.807, 2.05) is 12.1 Å². The van der Waals surface area contributed by atoms with Gasteiger partial charge in [0.05, 0.1) is 11.9 Å². The summed E-state index contributed by atoms with van der Waals surface area (Å²) < 4.78 is 5.73. The van der Waals surface area contributed by atoms with Crippen molar-refractivity contribution in [2.24, 2.45) is 0 Å². The van der Waals surface area contributed by atoms with Crippen molar-refractivity contribution in [2.75, 3.05) is 6.54 Å². The van der Waals surface area contributed by atoms with Gasteiger partial charge in [-0.05, 0) is 30.7 Å². The largest absolute Gasteiger partial charge is 0.437 e. The van der Waals surface area contributed by atoms with Gasteiger partial charge in [-0.15, -0.1) is 0 Å². The standard InChI is InChI=1S/C16H21N3O/c1-3-5-13-6-8-15(9-7-13)20-16-12-18-11-14(19-16)10-17-4-2/h6-9,11-12,17H,3-5,10H2,1-2H3. The van der Waals surface area contributed by atoms with E-state index in [2.05, 4.69) is 41.3 Å². The first-order chi connectivity index (χ1) is 9.81. The van der Waals surface area contributed by atoms with Crippen LogP contribution in [-0.2, 0) is 13.0 Å². The Hall–Kier alpha value is -1.94. The number of nitrogens with zero attached hydrogens (tertiary/aromatic N) is 2. The summed E-state index contributed by atoms with van der Waals surface area (Å²) in [7, 11) is 0. The first-order valence-electron chi connectivity index (χ1n) is 7.10. The van der Waals surface area contributed by atoms with Crippen molar-refractivity contribution in [1.82, 2.24) is 15.3 Å². The summed E-state index contributed by atoms with van der Waals surface area (Å²) in [5, 5.41) is 3.22. The van der Waals surface area contributed by atoms with Gasteiger partial charge in [0.2, 0.25) is 5.88 Å². The first-order valence-corrected chi connectivity index (χ1v) is 7.10. The molecule has 0 unspecified atom stereocenters. The van der Waals surface area contributed by atoms with Gasteiger partial charge < -0.3 is 10.1 Å². The Morgan fingerprint density at radius 2 is 1.90 bits per heavy atom. The molecule has 2 aromatic rings. The molecule has 0 saturated carbocycles. The van der Waals surface area contributed by atoms with Gasteiger partial charge in [0.1, 0.15) is 5.75 Å². The van der Waals surface area contributed by atoms with Crippen LogP contribution in [0.5, 0.6) is 11.6 Å². The molecule has 0 spiro atoms. The highest BCUT2D eigenvalue weighted by Gasteiger charge is 2.02. The Morgan fingerprint density at radius 3 is 2.60 bits per heavy atom. The van der Waals surface area contributed by atoms with Crippen LogP contribution in [0.4, 0.5) is 0 Å². The fourth-order valence-corrected chi connectivity index (χ4v) is 1.91. The molecule has 0 aliphatic heterocycles. The van der Waals surface area contributed by atoms with Crippen LogP contribution in [0.15, 0.2) is 36.7 Å². The predicted octanol–water partition coefficient (Wildman–Crippen LogP) is 3.33. The Kier molecular flexibility index (Phi) is 5.50. The van der Waals surface area contributed by atoms with Crippen molar-refractivity contribution in [3.63, 3.8) is 0 Å². The molecule has 0 amide bonds. The highest BCUT2D eigenvalue weighted by molar-refractivity contribution is 5.30. The van der Waals surface area contributed by atoms with Crippen LogP contribution in [0, 0.1) is 0 Å². The van der Waals surface area contributed by atoms with Crippen LogP contribution >= 0.6 is 0 Å². The van der Waals surface area contributed by atoms with Gasteiger partial charge in [0.25, 0.3) is 0 Å². The summed E-state index contributed by atoms with van der Waals surface area (Å²) >= 11 is 0. The SMILES string of the molecule is CCCc1ccc(Oc2cncc(CNCC)n2)cc1. The number of hydrogen-bond donors (Lipinski definition) is 1. The lowest BCUT2D eigenvalue weighted by atomic mass is 10.1. The van der Waals surface area contributed by atoms with E-state index in [4.69, 9.17) is 4.74 Å². The van der Waals surface area contributed by atoms with E-state index in [-0.39, 0.29) is 0 Å². The zero-order valence-corrected chi connectivity index (χ0v) is 12.1. The van der Waals surface area contributed by atoms with E-state index in [0.717, 1.165) is 30.8 Å². The van der Waals surface area contributed by atoms with Crippen molar-refractivity contribution in [2.45, 2.75) is 33.2 Å². The maximum Gasteiger partial charge on any atom is 0.238 e. The maximum atomic E-state index is 5.73. The molecule has 0 bridgehead atoms. The molecule has 2 rings (SSSR count). The minimum Gasteiger partial charge on any atom is -0.437 e. The van der Waals surface area contributed by atoms with Crippen LogP contribution in [-0.4, -0.2) is 16.5 Å². The monoisotopic (exact) mass is 271 g/mol. The molecule has 0 atom stereocenters. The molecule has 1 aromatic carbocycles. The number of rotatable bonds is 7. The maximum absolute atomic E-state index is 5.73. The average Bonchev–Trinajstić information content (AvgIpc) is 2.48. The fraction of sp³-hybridized carbons (Fsp3) is 0.375. The third-order valence-corrected chi connectivity index (χ3v) is 2.90. The molecular weight excluding hydrogens is 250 g/mol. The number of aryl methyl sites for hydroxylation is 1. The Bertz CT molecular complexity index is 526. The summed E-state index contributed by atoms with van der Waals surface area (Å²) in [6, 6.07) is 8.14. The molecule has 0 radical (unpaired) electrons. The molecule has 1 heterocycles. The Labute approximate surface area is 120 Å². The van der Waals surface area contributed by atoms with Crippen LogP contribution < -0.4 is 10.1 Å². The predicted molar refractivity (Wildman–Crippen MR) is 79.9 cm³/mol. The van der Waals surface area contributed by atoms with E-state index < -0.39 is 0 Å². The summed E-state index contributed by atoms with van der Waals surface area (Å²) in [4.78, 5) is 8.57. The van der Waals surface area contributed by atoms with E-state index in [9.17, 15) is 0 Å². The minimum atomic E-state index is 0.531. The molecular formula is C16H21N3O. The van der Waals surface area contributed by atoms with E-state index in [1.54, 1.807) is 12.4 Å². The van der Waals surface area contributed by atoms with Crippen molar-refractivity contribution >= 4 is 0 Å². The summed E-state index contributed by atoms with van der Waals surface area (Å²) in [6.07, 6.45) is 5.63. The van der Waals surface area contributed by atoms with Crippen LogP contribution in [0.1, 0.15) is 31.5 Å². The zero-order valence-electron chi connectivity index (χ0n) is 12.1. The topological polar surface area (TPSA) is 47.0 Å². The quantitative estimate of drug-likeness (QED) is 0.839. The molecule has 0 fully saturated rings. The summed E-state index contributed by atoms with van der Waals surface area (Å²) in [5.74, 6) is 1.32. The molecule has 20 heavy (non-hydrogen) atoms. The van der Waals surface area contributed by atoms with Crippen molar-refractivity contribution in [3.8, 4) is 11.6 Å². The highest BCUT2D eigenvalue weighted by Crippen LogP contribution is 2.19. The van der Waals surface area contributed by atoms with Gasteiger partial charge in [0, 0.05) is 12.7 Å². The molecule has 0 aliphatic carbocycles. The molecule has 0 saturated heterocycles. The third kappa shape index (κ3) is 4.31. The van der Waals surface area contributed by atoms with Gasteiger partial charge in [-0.1, -0.05) is 32.4 Å². The fourth-order valence-electron chi connectivity index (χ4n) is 1.91. The minimum absolute atomic E-state index is 0.531. The average molecular weight is 271 g/mol. The second-order valence-electron chi connectivity index (χ2n) is 4.62. The smallest absolute Gasteiger partial charge is 0.238 e. The first kappa shape index (κ1) is 14.5. The molecule has 0 aliphatic rings. The van der Waals surface area contributed by atoms with Gasteiger partial charge >= 0.3 is 0 Å². The normalized spacial score (nSPS) is 10.5. The van der Waals surface area contributed by atoms with Gasteiger partial charge in [-0.25, -0.2) is 4.98 Å². The van der Waals surface area contributed by atoms with Crippen molar-refractivity contribution in [1.29, 1.82) is 0 Å². The van der Waals surface area contributed by atoms with Gasteiger partial charge in [-0.3, -0.25) is 4.98 Å². The van der Waals surface area contributed by atoms with Crippen LogP contribution in [0.2, 0.25) is 0 Å². The van der Waals surface area contributed by atoms with Gasteiger partial charge in [0.15, 0.2) is 0 Å². The molecule has 1 N–H and O–H groups in total. The summed E-state index contributed by atoms with van der Waals surface area (Å²) in [5.41, 5.74) is 2.21. The van der Waals surface area contributed by atoms with Crippen molar-refractivity contribution < 1.29 is 4.74 Å². The van der Waals surface area contributed by atoms with Gasteiger partial charge in [-0.2, -0.15) is 0 Å². The lowest BCUT2D eigenvalue weighted by Crippen LogP contribution is -2.13. The number of aromatic nitrogens is 2. The van der Waals surface area contributed by atoms with Crippen molar-refractivity contribution in [3.05, 3.63) is 47.9 Å². The number of benzene rings is 1. The van der Waals surface area contributed by atoms with Crippen LogP contribution in [0.25, 0.3) is 0 Å². The molecule has 4 nitrogen and oxygen atoms in total. The lowest BCUT2D eigenvalue weighted by Gasteiger charge is -2.07. The molecule has 106 valence electrons. The number of hydrogen-bond acceptors (Lipinski definition) is 4. The van der Waals surface area contributed by atoms with E-state index >= 15 is 0 Å².